The first kappa shape index (κ1) is 11.9. The van der Waals surface area contributed by atoms with Crippen molar-refractivity contribution in [2.24, 2.45) is 5.92 Å². The summed E-state index contributed by atoms with van der Waals surface area (Å²) < 4.78 is 0. The lowest BCUT2D eigenvalue weighted by Gasteiger charge is -2.36. The van der Waals surface area contributed by atoms with E-state index < -0.39 is 0 Å². The Hall–Kier alpha value is -0.610. The molecule has 0 aliphatic carbocycles. The molecular weight excluding hydrogens is 202 g/mol. The number of nitrogens with one attached hydrogen (secondary N) is 2. The van der Waals surface area contributed by atoms with Gasteiger partial charge in [-0.05, 0) is 45.7 Å². The van der Waals surface area contributed by atoms with Crippen molar-refractivity contribution in [3.05, 3.63) is 0 Å². The van der Waals surface area contributed by atoms with Crippen LogP contribution in [-0.2, 0) is 4.79 Å². The van der Waals surface area contributed by atoms with E-state index in [1.807, 2.05) is 13.8 Å². The number of nitrogens with zero attached hydrogens (tertiary/aromatic N) is 1. The first-order valence-electron chi connectivity index (χ1n) is 6.41. The van der Waals surface area contributed by atoms with E-state index in [1.165, 1.54) is 12.8 Å². The zero-order valence-corrected chi connectivity index (χ0v) is 10.3. The number of likely N-dealkylation sites (tertiary alicyclic amines) is 1. The Labute approximate surface area is 97.8 Å². The van der Waals surface area contributed by atoms with E-state index in [2.05, 4.69) is 15.5 Å². The summed E-state index contributed by atoms with van der Waals surface area (Å²) in [5.74, 6) is 0.933. The van der Waals surface area contributed by atoms with Gasteiger partial charge in [0.1, 0.15) is 0 Å². The van der Waals surface area contributed by atoms with Crippen molar-refractivity contribution < 1.29 is 4.79 Å². The van der Waals surface area contributed by atoms with Gasteiger partial charge in [0.05, 0.1) is 6.54 Å². The summed E-state index contributed by atoms with van der Waals surface area (Å²) in [5.41, 5.74) is 0. The number of piperidine rings is 1. The molecule has 92 valence electrons. The van der Waals surface area contributed by atoms with Crippen molar-refractivity contribution in [3.63, 3.8) is 0 Å². The van der Waals surface area contributed by atoms with Crippen molar-refractivity contribution in [3.8, 4) is 0 Å². The molecule has 0 aromatic heterocycles. The van der Waals surface area contributed by atoms with Gasteiger partial charge >= 0.3 is 0 Å². The number of carbonyl (C=O) groups is 1. The van der Waals surface area contributed by atoms with Crippen LogP contribution < -0.4 is 10.6 Å². The third-order valence-electron chi connectivity index (χ3n) is 3.59. The van der Waals surface area contributed by atoms with Gasteiger partial charge in [-0.1, -0.05) is 0 Å². The maximum absolute atomic E-state index is 11.7. The third kappa shape index (κ3) is 2.74. The Morgan fingerprint density at radius 1 is 1.50 bits per heavy atom. The minimum absolute atomic E-state index is 0.169. The molecule has 2 aliphatic heterocycles. The highest BCUT2D eigenvalue weighted by Gasteiger charge is 2.35. The van der Waals surface area contributed by atoms with Crippen LogP contribution in [0.2, 0.25) is 0 Å². The van der Waals surface area contributed by atoms with Crippen LogP contribution in [0.15, 0.2) is 0 Å². The Bertz CT molecular complexity index is 255. The maximum atomic E-state index is 11.7. The van der Waals surface area contributed by atoms with Crippen LogP contribution in [0.25, 0.3) is 0 Å². The van der Waals surface area contributed by atoms with E-state index in [4.69, 9.17) is 0 Å². The minimum atomic E-state index is 0.169. The molecule has 0 spiro atoms. The summed E-state index contributed by atoms with van der Waals surface area (Å²) in [4.78, 5) is 14.1. The summed E-state index contributed by atoms with van der Waals surface area (Å²) in [6.45, 7) is 7.85. The highest BCUT2D eigenvalue weighted by atomic mass is 16.2. The van der Waals surface area contributed by atoms with Gasteiger partial charge < -0.3 is 10.6 Å². The van der Waals surface area contributed by atoms with Crippen molar-refractivity contribution in [1.29, 1.82) is 0 Å². The maximum Gasteiger partial charge on any atom is 0.234 e. The van der Waals surface area contributed by atoms with Crippen LogP contribution in [0, 0.1) is 5.92 Å². The molecule has 2 N–H and O–H groups in total. The fraction of sp³-hybridized carbons (Fsp3) is 0.917. The van der Waals surface area contributed by atoms with Crippen LogP contribution in [0.1, 0.15) is 26.7 Å². The Kier molecular flexibility index (Phi) is 3.82. The Balaban J connectivity index is 1.86. The number of fused-ring (bicyclic) bond motifs is 1. The molecule has 0 radical (unpaired) electrons. The van der Waals surface area contributed by atoms with Gasteiger partial charge in [0, 0.05) is 18.6 Å². The molecule has 1 amide bonds. The van der Waals surface area contributed by atoms with Gasteiger partial charge in [0.25, 0.3) is 0 Å². The second-order valence-electron chi connectivity index (χ2n) is 5.32. The van der Waals surface area contributed by atoms with Crippen LogP contribution in [-0.4, -0.2) is 49.1 Å². The molecule has 2 atom stereocenters. The normalized spacial score (nSPS) is 30.4. The fourth-order valence-electron chi connectivity index (χ4n) is 2.91. The molecule has 2 heterocycles. The molecule has 2 aliphatic rings. The summed E-state index contributed by atoms with van der Waals surface area (Å²) in [6, 6.07) is 0.835. The number of hydrogen-bond acceptors (Lipinski definition) is 3. The molecule has 2 fully saturated rings. The Morgan fingerprint density at radius 3 is 3.06 bits per heavy atom. The van der Waals surface area contributed by atoms with E-state index >= 15 is 0 Å². The van der Waals surface area contributed by atoms with Crippen molar-refractivity contribution in [1.82, 2.24) is 15.5 Å². The molecule has 0 aromatic carbocycles. The first-order chi connectivity index (χ1) is 7.66. The zero-order chi connectivity index (χ0) is 11.5. The second-order valence-corrected chi connectivity index (χ2v) is 5.32. The number of amides is 1. The summed E-state index contributed by atoms with van der Waals surface area (Å²) in [6.07, 6.45) is 2.55. The molecule has 2 unspecified atom stereocenters. The van der Waals surface area contributed by atoms with Gasteiger partial charge in [-0.15, -0.1) is 0 Å². The van der Waals surface area contributed by atoms with E-state index in [-0.39, 0.29) is 11.9 Å². The lowest BCUT2D eigenvalue weighted by molar-refractivity contribution is -0.123. The number of rotatable bonds is 3. The fourth-order valence-corrected chi connectivity index (χ4v) is 2.91. The predicted molar refractivity (Wildman–Crippen MR) is 64.2 cm³/mol. The highest BCUT2D eigenvalue weighted by Crippen LogP contribution is 2.25. The molecule has 0 saturated carbocycles. The Morgan fingerprint density at radius 2 is 2.31 bits per heavy atom. The second kappa shape index (κ2) is 5.15. The minimum Gasteiger partial charge on any atom is -0.353 e. The molecule has 0 bridgehead atoms. The predicted octanol–water partition coefficient (Wildman–Crippen LogP) is 0.195. The molecular formula is C12H23N3O. The van der Waals surface area contributed by atoms with Crippen LogP contribution >= 0.6 is 0 Å². The largest absolute Gasteiger partial charge is 0.353 e. The average Bonchev–Trinajstić information content (AvgIpc) is 2.65. The highest BCUT2D eigenvalue weighted by molar-refractivity contribution is 5.78. The lowest BCUT2D eigenvalue weighted by atomic mass is 9.92. The average molecular weight is 225 g/mol. The molecule has 2 rings (SSSR count). The van der Waals surface area contributed by atoms with Gasteiger partial charge in [-0.2, -0.15) is 0 Å². The number of hydrogen-bond donors (Lipinski definition) is 2. The molecule has 16 heavy (non-hydrogen) atoms. The quantitative estimate of drug-likeness (QED) is 0.721. The SMILES string of the molecule is CC(C)NC(=O)CN1CCCC2CNCC21. The van der Waals surface area contributed by atoms with Crippen molar-refractivity contribution in [2.45, 2.75) is 38.8 Å². The third-order valence-corrected chi connectivity index (χ3v) is 3.59. The monoisotopic (exact) mass is 225 g/mol. The van der Waals surface area contributed by atoms with E-state index in [9.17, 15) is 4.79 Å². The molecule has 4 heteroatoms. The summed E-state index contributed by atoms with van der Waals surface area (Å²) >= 11 is 0. The van der Waals surface area contributed by atoms with Gasteiger partial charge in [0.2, 0.25) is 5.91 Å². The number of carbonyl (C=O) groups excluding carboxylic acids is 1. The van der Waals surface area contributed by atoms with E-state index in [0.29, 0.717) is 12.6 Å². The molecule has 2 saturated heterocycles. The van der Waals surface area contributed by atoms with Gasteiger partial charge in [0.15, 0.2) is 0 Å². The van der Waals surface area contributed by atoms with Crippen LogP contribution in [0.4, 0.5) is 0 Å². The zero-order valence-electron chi connectivity index (χ0n) is 10.3. The first-order valence-corrected chi connectivity index (χ1v) is 6.41. The summed E-state index contributed by atoms with van der Waals surface area (Å²) in [7, 11) is 0. The lowest BCUT2D eigenvalue weighted by Crippen LogP contribution is -2.50. The smallest absolute Gasteiger partial charge is 0.234 e. The standard InChI is InChI=1S/C12H23N3O/c1-9(2)14-12(16)8-15-5-3-4-10-6-13-7-11(10)15/h9-11,13H,3-8H2,1-2H3,(H,14,16). The van der Waals surface area contributed by atoms with E-state index in [0.717, 1.165) is 25.6 Å². The topological polar surface area (TPSA) is 44.4 Å². The summed E-state index contributed by atoms with van der Waals surface area (Å²) in [5, 5.41) is 6.40. The molecule has 4 nitrogen and oxygen atoms in total. The van der Waals surface area contributed by atoms with E-state index in [1.54, 1.807) is 0 Å². The van der Waals surface area contributed by atoms with Gasteiger partial charge in [-0.25, -0.2) is 0 Å². The van der Waals surface area contributed by atoms with Crippen molar-refractivity contribution >= 4 is 5.91 Å². The van der Waals surface area contributed by atoms with Crippen molar-refractivity contribution in [2.75, 3.05) is 26.2 Å². The molecule has 0 aromatic rings. The van der Waals surface area contributed by atoms with Crippen LogP contribution in [0.5, 0.6) is 0 Å². The van der Waals surface area contributed by atoms with Crippen LogP contribution in [0.3, 0.4) is 0 Å². The van der Waals surface area contributed by atoms with Gasteiger partial charge in [-0.3, -0.25) is 9.69 Å².